The van der Waals surface area contributed by atoms with Crippen molar-refractivity contribution in [3.63, 3.8) is 0 Å². The average Bonchev–Trinajstić information content (AvgIpc) is 3.55. The van der Waals surface area contributed by atoms with Crippen LogP contribution in [0.3, 0.4) is 0 Å². The number of esters is 2. The van der Waals surface area contributed by atoms with Crippen molar-refractivity contribution in [1.82, 2.24) is 10.3 Å². The second kappa shape index (κ2) is 12.1. The SMILES string of the molecule is CCC(CC1CC1)CC(C)OC(=O)CNC(=O)c1nccc(OC)c1OCOC(C)=O. The first kappa shape index (κ1) is 24.4. The number of methoxy groups -OCH3 is 1. The fourth-order valence-corrected chi connectivity index (χ4v) is 3.34. The van der Waals surface area contributed by atoms with E-state index >= 15 is 0 Å². The maximum absolute atomic E-state index is 12.5. The van der Waals surface area contributed by atoms with Gasteiger partial charge in [-0.15, -0.1) is 0 Å². The van der Waals surface area contributed by atoms with Gasteiger partial charge in [-0.3, -0.25) is 14.4 Å². The molecule has 0 spiro atoms. The van der Waals surface area contributed by atoms with Crippen molar-refractivity contribution >= 4 is 17.8 Å². The highest BCUT2D eigenvalue weighted by Crippen LogP contribution is 2.37. The zero-order chi connectivity index (χ0) is 22.8. The summed E-state index contributed by atoms with van der Waals surface area (Å²) in [7, 11) is 1.40. The van der Waals surface area contributed by atoms with Gasteiger partial charge in [0, 0.05) is 19.2 Å². The molecule has 1 aliphatic rings. The topological polar surface area (TPSA) is 113 Å². The molecule has 1 heterocycles. The Labute approximate surface area is 182 Å². The summed E-state index contributed by atoms with van der Waals surface area (Å²) < 4.78 is 20.7. The molecule has 31 heavy (non-hydrogen) atoms. The van der Waals surface area contributed by atoms with Crippen LogP contribution in [-0.4, -0.2) is 49.4 Å². The van der Waals surface area contributed by atoms with Gasteiger partial charge in [-0.1, -0.05) is 26.2 Å². The fourth-order valence-electron chi connectivity index (χ4n) is 3.34. The van der Waals surface area contributed by atoms with E-state index in [1.807, 2.05) is 6.92 Å². The summed E-state index contributed by atoms with van der Waals surface area (Å²) in [5.41, 5.74) is -0.0946. The first-order valence-electron chi connectivity index (χ1n) is 10.6. The third kappa shape index (κ3) is 8.43. The molecule has 172 valence electrons. The molecule has 0 aliphatic heterocycles. The fraction of sp³-hybridized carbons (Fsp3) is 0.636. The van der Waals surface area contributed by atoms with Crippen molar-refractivity contribution in [2.75, 3.05) is 20.4 Å². The molecule has 0 bridgehead atoms. The number of rotatable bonds is 13. The Balaban J connectivity index is 1.87. The zero-order valence-corrected chi connectivity index (χ0v) is 18.6. The monoisotopic (exact) mass is 436 g/mol. The average molecular weight is 437 g/mol. The number of hydrogen-bond donors (Lipinski definition) is 1. The molecule has 2 rings (SSSR count). The number of amides is 1. The highest BCUT2D eigenvalue weighted by atomic mass is 16.7. The van der Waals surface area contributed by atoms with Crippen molar-refractivity contribution in [3.05, 3.63) is 18.0 Å². The van der Waals surface area contributed by atoms with Crippen LogP contribution in [0.2, 0.25) is 0 Å². The zero-order valence-electron chi connectivity index (χ0n) is 18.6. The van der Waals surface area contributed by atoms with Crippen molar-refractivity contribution in [2.45, 2.75) is 59.0 Å². The van der Waals surface area contributed by atoms with E-state index in [9.17, 15) is 14.4 Å². The van der Waals surface area contributed by atoms with Gasteiger partial charge in [0.05, 0.1) is 13.2 Å². The smallest absolute Gasteiger partial charge is 0.325 e. The second-order valence-electron chi connectivity index (χ2n) is 7.76. The normalized spacial score (nSPS) is 14.8. The molecule has 1 amide bonds. The van der Waals surface area contributed by atoms with Gasteiger partial charge in [0.25, 0.3) is 5.91 Å². The molecule has 1 N–H and O–H groups in total. The molecule has 0 radical (unpaired) electrons. The first-order chi connectivity index (χ1) is 14.8. The highest BCUT2D eigenvalue weighted by molar-refractivity contribution is 5.97. The van der Waals surface area contributed by atoms with Crippen LogP contribution in [0.4, 0.5) is 0 Å². The Morgan fingerprint density at radius 3 is 2.65 bits per heavy atom. The molecule has 0 aromatic carbocycles. The van der Waals surface area contributed by atoms with Crippen LogP contribution in [0.25, 0.3) is 0 Å². The number of carbonyl (C=O) groups excluding carboxylic acids is 3. The van der Waals surface area contributed by atoms with Gasteiger partial charge >= 0.3 is 11.9 Å². The van der Waals surface area contributed by atoms with Crippen LogP contribution >= 0.6 is 0 Å². The lowest BCUT2D eigenvalue weighted by molar-refractivity contribution is -0.148. The first-order valence-corrected chi connectivity index (χ1v) is 10.6. The number of nitrogens with one attached hydrogen (secondary N) is 1. The van der Waals surface area contributed by atoms with Crippen LogP contribution in [0.15, 0.2) is 12.3 Å². The van der Waals surface area contributed by atoms with Gasteiger partial charge in [0.15, 0.2) is 17.2 Å². The molecular weight excluding hydrogens is 404 g/mol. The molecule has 1 aromatic heterocycles. The van der Waals surface area contributed by atoms with Gasteiger partial charge in [0.1, 0.15) is 6.54 Å². The van der Waals surface area contributed by atoms with Crippen LogP contribution in [0.5, 0.6) is 11.5 Å². The molecule has 1 saturated carbocycles. The van der Waals surface area contributed by atoms with Crippen molar-refractivity contribution in [2.24, 2.45) is 11.8 Å². The van der Waals surface area contributed by atoms with Gasteiger partial charge < -0.3 is 24.3 Å². The van der Waals surface area contributed by atoms with E-state index in [2.05, 4.69) is 17.2 Å². The third-order valence-electron chi connectivity index (χ3n) is 5.10. The van der Waals surface area contributed by atoms with E-state index < -0.39 is 24.6 Å². The summed E-state index contributed by atoms with van der Waals surface area (Å²) in [5, 5.41) is 2.49. The Kier molecular flexibility index (Phi) is 9.55. The summed E-state index contributed by atoms with van der Waals surface area (Å²) in [6, 6.07) is 1.50. The Morgan fingerprint density at radius 2 is 2.03 bits per heavy atom. The van der Waals surface area contributed by atoms with E-state index in [-0.39, 0.29) is 29.8 Å². The number of ether oxygens (including phenoxy) is 4. The lowest BCUT2D eigenvalue weighted by atomic mass is 9.93. The van der Waals surface area contributed by atoms with Crippen molar-refractivity contribution < 1.29 is 33.3 Å². The number of aromatic nitrogens is 1. The molecule has 1 aromatic rings. The summed E-state index contributed by atoms with van der Waals surface area (Å²) in [4.78, 5) is 39.7. The molecule has 9 heteroatoms. The minimum atomic E-state index is -0.638. The maximum atomic E-state index is 12.5. The number of pyridine rings is 1. The number of carbonyl (C=O) groups is 3. The summed E-state index contributed by atoms with van der Waals surface area (Å²) in [5.74, 6) is -0.0641. The van der Waals surface area contributed by atoms with Crippen LogP contribution in [0.1, 0.15) is 63.4 Å². The lowest BCUT2D eigenvalue weighted by Gasteiger charge is -2.20. The predicted octanol–water partition coefficient (Wildman–Crippen LogP) is 2.87. The van der Waals surface area contributed by atoms with Gasteiger partial charge in [-0.25, -0.2) is 4.98 Å². The molecule has 2 unspecified atom stereocenters. The molecule has 0 saturated heterocycles. The second-order valence-corrected chi connectivity index (χ2v) is 7.76. The maximum Gasteiger partial charge on any atom is 0.325 e. The largest absolute Gasteiger partial charge is 0.493 e. The summed E-state index contributed by atoms with van der Waals surface area (Å²) in [6.45, 7) is 4.56. The number of nitrogens with zero attached hydrogens (tertiary/aromatic N) is 1. The van der Waals surface area contributed by atoms with E-state index in [0.717, 1.165) is 18.8 Å². The quantitative estimate of drug-likeness (QED) is 0.371. The van der Waals surface area contributed by atoms with E-state index in [0.29, 0.717) is 5.92 Å². The Hall–Kier alpha value is -2.84. The summed E-state index contributed by atoms with van der Waals surface area (Å²) >= 11 is 0. The van der Waals surface area contributed by atoms with Gasteiger partial charge in [-0.2, -0.15) is 0 Å². The molecule has 1 fully saturated rings. The van der Waals surface area contributed by atoms with E-state index in [1.54, 1.807) is 0 Å². The van der Waals surface area contributed by atoms with Crippen LogP contribution in [0, 0.1) is 11.8 Å². The van der Waals surface area contributed by atoms with Crippen molar-refractivity contribution in [1.29, 1.82) is 0 Å². The van der Waals surface area contributed by atoms with E-state index in [4.69, 9.17) is 18.9 Å². The van der Waals surface area contributed by atoms with Gasteiger partial charge in [-0.05, 0) is 31.6 Å². The minimum Gasteiger partial charge on any atom is -0.493 e. The Bertz CT molecular complexity index is 764. The molecule has 9 nitrogen and oxygen atoms in total. The predicted molar refractivity (Wildman–Crippen MR) is 112 cm³/mol. The Morgan fingerprint density at radius 1 is 1.29 bits per heavy atom. The molecule has 2 atom stereocenters. The highest BCUT2D eigenvalue weighted by Gasteiger charge is 2.26. The van der Waals surface area contributed by atoms with E-state index in [1.165, 1.54) is 45.6 Å². The summed E-state index contributed by atoms with van der Waals surface area (Å²) in [6.07, 6.45) is 6.84. The minimum absolute atomic E-state index is 0.0105. The number of hydrogen-bond acceptors (Lipinski definition) is 8. The van der Waals surface area contributed by atoms with Crippen LogP contribution in [-0.2, 0) is 19.1 Å². The lowest BCUT2D eigenvalue weighted by Crippen LogP contribution is -2.33. The van der Waals surface area contributed by atoms with Crippen molar-refractivity contribution in [3.8, 4) is 11.5 Å². The molecule has 1 aliphatic carbocycles. The standard InChI is InChI=1S/C22H32N2O7/c1-5-16(11-17-6-7-17)10-14(2)31-19(26)12-24-22(27)20-21(30-13-29-15(3)25)18(28-4)8-9-23-20/h8-9,14,16-17H,5-7,10-13H2,1-4H3,(H,24,27). The van der Waals surface area contributed by atoms with Gasteiger partial charge in [0.2, 0.25) is 6.79 Å². The molecular formula is C22H32N2O7. The van der Waals surface area contributed by atoms with Crippen LogP contribution < -0.4 is 14.8 Å². The third-order valence-corrected chi connectivity index (χ3v) is 5.10.